The molecule has 2 aliphatic heterocycles. The fourth-order valence-corrected chi connectivity index (χ4v) is 4.64. The molecular formula is C25H20ClN3O5. The number of hydrogen-bond acceptors (Lipinski definition) is 6. The maximum absolute atomic E-state index is 13.6. The fraction of sp³-hybridized carbons (Fsp3) is 0.200. The Bertz CT molecular complexity index is 1280. The van der Waals surface area contributed by atoms with Crippen molar-refractivity contribution in [3.63, 3.8) is 0 Å². The molecule has 3 aromatic rings. The van der Waals surface area contributed by atoms with Gasteiger partial charge in [0, 0.05) is 17.2 Å². The smallest absolute Gasteiger partial charge is 0.271 e. The van der Waals surface area contributed by atoms with Crippen molar-refractivity contribution in [2.45, 2.75) is 25.5 Å². The summed E-state index contributed by atoms with van der Waals surface area (Å²) in [7, 11) is 0. The molecule has 0 aliphatic carbocycles. The van der Waals surface area contributed by atoms with Crippen LogP contribution < -0.4 is 9.96 Å². The number of hydrogen-bond donors (Lipinski definition) is 0. The molecule has 2 fully saturated rings. The number of amides is 2. The molecule has 5 rings (SSSR count). The summed E-state index contributed by atoms with van der Waals surface area (Å²) in [5.74, 6) is -1.70. The van der Waals surface area contributed by atoms with Gasteiger partial charge in [-0.1, -0.05) is 48.9 Å². The van der Waals surface area contributed by atoms with Crippen molar-refractivity contribution in [2.75, 3.05) is 9.96 Å². The SMILES string of the molecule is CCc1ccc([C@@H]2[C@@H]3C(=O)N(c4ccc(Cl)cc4)C(=O)[C@H]3ON2c2cccc([N+](=O)[O-])c2)cc1. The van der Waals surface area contributed by atoms with E-state index in [4.69, 9.17) is 16.4 Å². The first-order chi connectivity index (χ1) is 16.4. The zero-order chi connectivity index (χ0) is 24.0. The zero-order valence-electron chi connectivity index (χ0n) is 18.1. The summed E-state index contributed by atoms with van der Waals surface area (Å²) in [5, 5.41) is 13.3. The summed E-state index contributed by atoms with van der Waals surface area (Å²) in [6.07, 6.45) is -0.206. The lowest BCUT2D eigenvalue weighted by Gasteiger charge is -2.28. The maximum atomic E-state index is 13.6. The second-order valence-corrected chi connectivity index (χ2v) is 8.62. The first kappa shape index (κ1) is 22.1. The highest BCUT2D eigenvalue weighted by Crippen LogP contribution is 2.48. The Morgan fingerprint density at radius 1 is 0.971 bits per heavy atom. The number of hydroxylamine groups is 1. The van der Waals surface area contributed by atoms with Crippen LogP contribution in [0.3, 0.4) is 0 Å². The number of imide groups is 1. The van der Waals surface area contributed by atoms with E-state index in [1.165, 1.54) is 17.2 Å². The van der Waals surface area contributed by atoms with Gasteiger partial charge in [0.1, 0.15) is 5.92 Å². The van der Waals surface area contributed by atoms with Crippen molar-refractivity contribution in [3.05, 3.63) is 99.1 Å². The molecule has 3 aromatic carbocycles. The third-order valence-corrected chi connectivity index (χ3v) is 6.48. The highest BCUT2D eigenvalue weighted by Gasteiger charge is 2.60. The minimum Gasteiger partial charge on any atom is -0.273 e. The fourth-order valence-electron chi connectivity index (χ4n) is 4.52. The molecule has 2 heterocycles. The van der Waals surface area contributed by atoms with Crippen molar-refractivity contribution in [2.24, 2.45) is 5.92 Å². The van der Waals surface area contributed by atoms with Crippen LogP contribution in [0.1, 0.15) is 24.1 Å². The van der Waals surface area contributed by atoms with E-state index in [0.717, 1.165) is 22.4 Å². The molecule has 8 nitrogen and oxygen atoms in total. The van der Waals surface area contributed by atoms with Crippen molar-refractivity contribution in [3.8, 4) is 0 Å². The molecule has 0 bridgehead atoms. The largest absolute Gasteiger partial charge is 0.273 e. The summed E-state index contributed by atoms with van der Waals surface area (Å²) in [6.45, 7) is 2.04. The van der Waals surface area contributed by atoms with E-state index in [0.29, 0.717) is 16.4 Å². The van der Waals surface area contributed by atoms with Gasteiger partial charge in [-0.2, -0.15) is 0 Å². The minimum absolute atomic E-state index is 0.112. The number of nitro benzene ring substituents is 1. The van der Waals surface area contributed by atoms with Gasteiger partial charge in [0.25, 0.3) is 11.6 Å². The second-order valence-electron chi connectivity index (χ2n) is 8.18. The zero-order valence-corrected chi connectivity index (χ0v) is 18.9. The number of anilines is 2. The summed E-state index contributed by atoms with van der Waals surface area (Å²) < 4.78 is 0. The Balaban J connectivity index is 1.58. The van der Waals surface area contributed by atoms with Gasteiger partial charge in [-0.05, 0) is 47.9 Å². The Morgan fingerprint density at radius 3 is 2.32 bits per heavy atom. The number of non-ortho nitro benzene ring substituents is 1. The Kier molecular flexibility index (Phi) is 5.55. The molecule has 0 radical (unpaired) electrons. The van der Waals surface area contributed by atoms with E-state index in [1.54, 1.807) is 36.4 Å². The third kappa shape index (κ3) is 3.61. The molecule has 2 aliphatic rings. The van der Waals surface area contributed by atoms with Crippen molar-refractivity contribution in [1.29, 1.82) is 0 Å². The lowest BCUT2D eigenvalue weighted by molar-refractivity contribution is -0.384. The van der Waals surface area contributed by atoms with Crippen LogP contribution in [0, 0.1) is 16.0 Å². The van der Waals surface area contributed by atoms with Crippen LogP contribution in [0.15, 0.2) is 72.8 Å². The molecule has 0 saturated carbocycles. The second kappa shape index (κ2) is 8.55. The van der Waals surface area contributed by atoms with Crippen LogP contribution in [0.4, 0.5) is 17.1 Å². The molecule has 2 amide bonds. The van der Waals surface area contributed by atoms with E-state index in [9.17, 15) is 19.7 Å². The van der Waals surface area contributed by atoms with Crippen LogP contribution in [-0.2, 0) is 20.8 Å². The molecule has 0 unspecified atom stereocenters. The first-order valence-electron chi connectivity index (χ1n) is 10.8. The molecule has 3 atom stereocenters. The number of nitrogens with zero attached hydrogens (tertiary/aromatic N) is 3. The molecule has 2 saturated heterocycles. The van der Waals surface area contributed by atoms with Crippen LogP contribution in [0.2, 0.25) is 5.02 Å². The number of carbonyl (C=O) groups is 2. The normalized spacial score (nSPS) is 21.8. The molecule has 0 N–H and O–H groups in total. The summed E-state index contributed by atoms with van der Waals surface area (Å²) in [4.78, 5) is 45.0. The topological polar surface area (TPSA) is 93.0 Å². The van der Waals surface area contributed by atoms with Gasteiger partial charge >= 0.3 is 0 Å². The van der Waals surface area contributed by atoms with Crippen LogP contribution in [0.25, 0.3) is 0 Å². The minimum atomic E-state index is -1.06. The number of rotatable bonds is 5. The number of aryl methyl sites for hydroxylation is 1. The van der Waals surface area contributed by atoms with E-state index in [-0.39, 0.29) is 5.69 Å². The van der Waals surface area contributed by atoms with E-state index in [2.05, 4.69) is 0 Å². The predicted octanol–water partition coefficient (Wildman–Crippen LogP) is 4.86. The third-order valence-electron chi connectivity index (χ3n) is 6.22. The molecule has 0 aromatic heterocycles. The summed E-state index contributed by atoms with van der Waals surface area (Å²) in [6, 6.07) is 19.5. The highest BCUT2D eigenvalue weighted by atomic mass is 35.5. The Morgan fingerprint density at radius 2 is 1.68 bits per heavy atom. The number of fused-ring (bicyclic) bond motifs is 1. The van der Waals surface area contributed by atoms with Gasteiger partial charge in [0.05, 0.1) is 22.3 Å². The predicted molar refractivity (Wildman–Crippen MR) is 126 cm³/mol. The lowest BCUT2D eigenvalue weighted by Crippen LogP contribution is -2.37. The molecular weight excluding hydrogens is 458 g/mol. The van der Waals surface area contributed by atoms with Gasteiger partial charge < -0.3 is 0 Å². The summed E-state index contributed by atoms with van der Waals surface area (Å²) >= 11 is 5.97. The highest BCUT2D eigenvalue weighted by molar-refractivity contribution is 6.31. The molecule has 34 heavy (non-hydrogen) atoms. The van der Waals surface area contributed by atoms with Crippen LogP contribution in [-0.4, -0.2) is 22.8 Å². The maximum Gasteiger partial charge on any atom is 0.271 e. The molecule has 9 heteroatoms. The monoisotopic (exact) mass is 477 g/mol. The van der Waals surface area contributed by atoms with Crippen molar-refractivity contribution in [1.82, 2.24) is 0 Å². The van der Waals surface area contributed by atoms with Gasteiger partial charge in [-0.3, -0.25) is 24.5 Å². The number of nitro groups is 1. The van der Waals surface area contributed by atoms with E-state index >= 15 is 0 Å². The van der Waals surface area contributed by atoms with Gasteiger partial charge in [0.15, 0.2) is 6.10 Å². The molecule has 0 spiro atoms. The average Bonchev–Trinajstić information content (AvgIpc) is 3.36. The quantitative estimate of drug-likeness (QED) is 0.296. The van der Waals surface area contributed by atoms with E-state index < -0.39 is 34.8 Å². The van der Waals surface area contributed by atoms with Gasteiger partial charge in [-0.25, -0.2) is 9.96 Å². The summed E-state index contributed by atoms with van der Waals surface area (Å²) in [5.41, 5.74) is 2.60. The van der Waals surface area contributed by atoms with E-state index in [1.807, 2.05) is 31.2 Å². The standard InChI is InChI=1S/C25H20ClN3O5/c1-2-15-6-8-16(9-7-15)22-21-23(34-28(22)19-4-3-5-20(14-19)29(32)33)25(31)27(24(21)30)18-12-10-17(26)11-13-18/h3-14,21-23H,2H2,1H3/t21-,22+,23-/m0/s1. The molecule has 172 valence electrons. The lowest BCUT2D eigenvalue weighted by atomic mass is 9.90. The van der Waals surface area contributed by atoms with Gasteiger partial charge in [-0.15, -0.1) is 0 Å². The van der Waals surface area contributed by atoms with Gasteiger partial charge in [0.2, 0.25) is 5.91 Å². The Hall–Kier alpha value is -3.75. The van der Waals surface area contributed by atoms with Crippen LogP contribution in [0.5, 0.6) is 0 Å². The Labute approximate surface area is 200 Å². The number of benzene rings is 3. The van der Waals surface area contributed by atoms with Crippen molar-refractivity contribution < 1.29 is 19.3 Å². The first-order valence-corrected chi connectivity index (χ1v) is 11.2. The van der Waals surface area contributed by atoms with Crippen LogP contribution >= 0.6 is 11.6 Å². The number of halogens is 1. The number of carbonyl (C=O) groups excluding carboxylic acids is 2. The van der Waals surface area contributed by atoms with Crippen molar-refractivity contribution >= 4 is 40.5 Å². The average molecular weight is 478 g/mol.